The zero-order valence-corrected chi connectivity index (χ0v) is 21.6. The van der Waals surface area contributed by atoms with Crippen LogP contribution in [0.25, 0.3) is 0 Å². The minimum atomic E-state index is -1.82. The van der Waals surface area contributed by atoms with Crippen LogP contribution in [-0.2, 0) is 14.0 Å². The van der Waals surface area contributed by atoms with E-state index in [9.17, 15) is 4.79 Å². The van der Waals surface area contributed by atoms with Crippen LogP contribution in [0.2, 0.25) is 19.6 Å². The predicted octanol–water partition coefficient (Wildman–Crippen LogP) is 6.99. The van der Waals surface area contributed by atoms with E-state index in [4.69, 9.17) is 9.16 Å². The molecule has 5 atom stereocenters. The molecule has 0 aromatic rings. The van der Waals surface area contributed by atoms with Crippen molar-refractivity contribution >= 4 is 36.9 Å². The minimum absolute atomic E-state index is 0.241. The van der Waals surface area contributed by atoms with Gasteiger partial charge in [-0.2, -0.15) is 0 Å². The van der Waals surface area contributed by atoms with Crippen molar-refractivity contribution in [2.75, 3.05) is 0 Å². The van der Waals surface area contributed by atoms with Crippen LogP contribution >= 0.6 is 22.6 Å². The molecule has 0 amide bonds. The summed E-state index contributed by atoms with van der Waals surface area (Å²) >= 11 is 2.44. The molecule has 5 heteroatoms. The van der Waals surface area contributed by atoms with Gasteiger partial charge in [0.05, 0.1) is 0 Å². The molecule has 0 radical (unpaired) electrons. The van der Waals surface area contributed by atoms with Gasteiger partial charge in [0, 0.05) is 6.42 Å². The first-order valence-corrected chi connectivity index (χ1v) is 15.6. The van der Waals surface area contributed by atoms with Crippen molar-refractivity contribution in [3.63, 3.8) is 0 Å². The Labute approximate surface area is 186 Å². The molecule has 0 spiro atoms. The number of rotatable bonds is 6. The first-order valence-electron chi connectivity index (χ1n) is 10.9. The van der Waals surface area contributed by atoms with Crippen LogP contribution < -0.4 is 0 Å². The van der Waals surface area contributed by atoms with Crippen LogP contribution in [0, 0.1) is 23.2 Å². The number of hydrogen-bond donors (Lipinski definition) is 0. The van der Waals surface area contributed by atoms with Gasteiger partial charge in [-0.15, -0.1) is 0 Å². The van der Waals surface area contributed by atoms with Crippen molar-refractivity contribution in [1.29, 1.82) is 0 Å². The normalized spacial score (nSPS) is 38.3. The summed E-state index contributed by atoms with van der Waals surface area (Å²) in [6, 6.07) is 0. The Balaban J connectivity index is 1.63. The highest BCUT2D eigenvalue weighted by Crippen LogP contribution is 2.60. The SMILES string of the molecule is C[C@H](CCC1=C[C@@](C)(O[Si](C)(C)C)C(=O)O1)[C@H]1CCC2/C(=C/I)CCC[C@@]21C. The third-order valence-electron chi connectivity index (χ3n) is 7.29. The summed E-state index contributed by atoms with van der Waals surface area (Å²) in [6.45, 7) is 13.1. The van der Waals surface area contributed by atoms with E-state index in [-0.39, 0.29) is 5.97 Å². The van der Waals surface area contributed by atoms with Crippen LogP contribution in [0.15, 0.2) is 21.5 Å². The average molecular weight is 517 g/mol. The van der Waals surface area contributed by atoms with Crippen molar-refractivity contribution in [3.8, 4) is 0 Å². The van der Waals surface area contributed by atoms with Gasteiger partial charge in [0.15, 0.2) is 13.9 Å². The second-order valence-corrected chi connectivity index (χ2v) is 15.7. The minimum Gasteiger partial charge on any atom is -0.429 e. The maximum Gasteiger partial charge on any atom is 0.346 e. The van der Waals surface area contributed by atoms with Gasteiger partial charge in [0.25, 0.3) is 0 Å². The highest BCUT2D eigenvalue weighted by atomic mass is 127. The van der Waals surface area contributed by atoms with E-state index in [0.29, 0.717) is 11.3 Å². The Kier molecular flexibility index (Phi) is 6.58. The largest absolute Gasteiger partial charge is 0.429 e. The zero-order valence-electron chi connectivity index (χ0n) is 18.4. The maximum atomic E-state index is 12.4. The molecule has 3 rings (SSSR count). The molecule has 1 unspecified atom stereocenters. The fraction of sp³-hybridized carbons (Fsp3) is 0.783. The third kappa shape index (κ3) is 4.46. The van der Waals surface area contributed by atoms with Crippen LogP contribution in [-0.4, -0.2) is 19.9 Å². The second kappa shape index (κ2) is 8.18. The van der Waals surface area contributed by atoms with E-state index in [1.165, 1.54) is 32.1 Å². The van der Waals surface area contributed by atoms with Crippen molar-refractivity contribution in [2.24, 2.45) is 23.2 Å². The molecule has 0 saturated heterocycles. The third-order valence-corrected chi connectivity index (χ3v) is 9.13. The predicted molar refractivity (Wildman–Crippen MR) is 126 cm³/mol. The fourth-order valence-corrected chi connectivity index (χ4v) is 8.32. The number of hydrogen-bond acceptors (Lipinski definition) is 3. The van der Waals surface area contributed by atoms with Gasteiger partial charge in [-0.05, 0) is 98.4 Å². The molecule has 3 aliphatic rings. The van der Waals surface area contributed by atoms with E-state index in [1.807, 2.05) is 13.0 Å². The fourth-order valence-electron chi connectivity index (χ4n) is 6.16. The summed E-state index contributed by atoms with van der Waals surface area (Å²) in [7, 11) is -1.82. The molecule has 0 aromatic carbocycles. The van der Waals surface area contributed by atoms with Crippen LogP contribution in [0.5, 0.6) is 0 Å². The monoisotopic (exact) mass is 516 g/mol. The standard InChI is InChI=1S/C23H37IO3Si/c1-16(19-11-12-20-17(15-24)8-7-13-22(19,20)2)9-10-18-14-23(3,21(25)26-18)27-28(4,5)6/h14-16,19-20H,7-13H2,1-6H3/b17-15+/t16-,19-,20?,22-,23-/m1/s1. The highest BCUT2D eigenvalue weighted by Gasteiger charge is 2.50. The van der Waals surface area contributed by atoms with Crippen LogP contribution in [0.3, 0.4) is 0 Å². The van der Waals surface area contributed by atoms with Gasteiger partial charge < -0.3 is 9.16 Å². The van der Waals surface area contributed by atoms with Gasteiger partial charge in [-0.3, -0.25) is 0 Å². The van der Waals surface area contributed by atoms with E-state index in [0.717, 1.165) is 30.4 Å². The van der Waals surface area contributed by atoms with Crippen molar-refractivity contribution in [1.82, 2.24) is 0 Å². The molecule has 1 aliphatic heterocycles. The molecule has 158 valence electrons. The molecular formula is C23H37IO3Si. The molecule has 0 aromatic heterocycles. The van der Waals surface area contributed by atoms with E-state index in [1.54, 1.807) is 5.57 Å². The number of cyclic esters (lactones) is 1. The highest BCUT2D eigenvalue weighted by molar-refractivity contribution is 14.1. The van der Waals surface area contributed by atoms with Gasteiger partial charge in [0.1, 0.15) is 5.76 Å². The molecule has 1 heterocycles. The molecule has 3 nitrogen and oxygen atoms in total. The van der Waals surface area contributed by atoms with E-state index in [2.05, 4.69) is 60.2 Å². The summed E-state index contributed by atoms with van der Waals surface area (Å²) in [5, 5.41) is 0. The van der Waals surface area contributed by atoms with Crippen molar-refractivity contribution in [2.45, 2.75) is 91.0 Å². The van der Waals surface area contributed by atoms with Crippen molar-refractivity contribution in [3.05, 3.63) is 21.5 Å². The Morgan fingerprint density at radius 1 is 1.36 bits per heavy atom. The van der Waals surface area contributed by atoms with E-state index < -0.39 is 13.9 Å². The quantitative estimate of drug-likeness (QED) is 0.217. The molecular weight excluding hydrogens is 479 g/mol. The Morgan fingerprint density at radius 2 is 2.07 bits per heavy atom. The van der Waals surface area contributed by atoms with Crippen LogP contribution in [0.1, 0.15) is 65.7 Å². The summed E-state index contributed by atoms with van der Waals surface area (Å²) in [5.41, 5.74) is 1.25. The lowest BCUT2D eigenvalue weighted by atomic mass is 9.61. The first-order chi connectivity index (χ1) is 13.0. The number of ether oxygens (including phenoxy) is 1. The lowest BCUT2D eigenvalue weighted by molar-refractivity contribution is -0.149. The molecule has 0 N–H and O–H groups in total. The number of carbonyl (C=O) groups excluding carboxylic acids is 1. The zero-order chi connectivity index (χ0) is 20.7. The Bertz CT molecular complexity index is 680. The Hall–Kier alpha value is -0.143. The number of allylic oxidation sites excluding steroid dienone is 2. The molecule has 0 bridgehead atoms. The number of carbonyl (C=O) groups is 1. The Morgan fingerprint density at radius 3 is 2.71 bits per heavy atom. The lowest BCUT2D eigenvalue weighted by Crippen LogP contribution is -2.43. The molecule has 28 heavy (non-hydrogen) atoms. The summed E-state index contributed by atoms with van der Waals surface area (Å²) in [5.74, 6) is 2.77. The number of fused-ring (bicyclic) bond motifs is 1. The number of esters is 1. The van der Waals surface area contributed by atoms with Crippen LogP contribution in [0.4, 0.5) is 0 Å². The smallest absolute Gasteiger partial charge is 0.346 e. The van der Waals surface area contributed by atoms with Gasteiger partial charge >= 0.3 is 5.97 Å². The molecule has 2 saturated carbocycles. The second-order valence-electron chi connectivity index (χ2n) is 10.6. The maximum absolute atomic E-state index is 12.4. The summed E-state index contributed by atoms with van der Waals surface area (Å²) in [6.07, 6.45) is 10.5. The van der Waals surface area contributed by atoms with E-state index >= 15 is 0 Å². The summed E-state index contributed by atoms with van der Waals surface area (Å²) < 4.78 is 14.1. The lowest BCUT2D eigenvalue weighted by Gasteiger charge is -2.44. The van der Waals surface area contributed by atoms with Crippen molar-refractivity contribution < 1.29 is 14.0 Å². The molecule has 2 aliphatic carbocycles. The summed E-state index contributed by atoms with van der Waals surface area (Å²) in [4.78, 5) is 12.4. The average Bonchev–Trinajstić information content (AvgIpc) is 3.07. The topological polar surface area (TPSA) is 35.5 Å². The number of halogens is 1. The first kappa shape index (κ1) is 22.5. The van der Waals surface area contributed by atoms with Gasteiger partial charge in [0.2, 0.25) is 0 Å². The molecule has 2 fully saturated rings. The van der Waals surface area contributed by atoms with Gasteiger partial charge in [-0.25, -0.2) is 4.79 Å². The van der Waals surface area contributed by atoms with Gasteiger partial charge in [-0.1, -0.05) is 42.0 Å².